The number of halogens is 1. The van der Waals surface area contributed by atoms with Gasteiger partial charge in [-0.25, -0.2) is 0 Å². The minimum atomic E-state index is -0.555. The summed E-state index contributed by atoms with van der Waals surface area (Å²) in [6.45, 7) is 4.30. The van der Waals surface area contributed by atoms with E-state index in [0.29, 0.717) is 12.4 Å². The summed E-state index contributed by atoms with van der Waals surface area (Å²) in [7, 11) is 0. The summed E-state index contributed by atoms with van der Waals surface area (Å²) in [5.41, 5.74) is 10.9. The smallest absolute Gasteiger partial charge is 0.242 e. The summed E-state index contributed by atoms with van der Waals surface area (Å²) in [4.78, 5) is 22.5. The molecule has 0 aliphatic carbocycles. The van der Waals surface area contributed by atoms with Gasteiger partial charge in [-0.1, -0.05) is 20.3 Å². The van der Waals surface area contributed by atoms with E-state index in [9.17, 15) is 9.59 Å². The van der Waals surface area contributed by atoms with Gasteiger partial charge in [0.05, 0.1) is 6.04 Å². The number of nitrogens with two attached hydrogens (primary N) is 2. The summed E-state index contributed by atoms with van der Waals surface area (Å²) in [5, 5.41) is 6.76. The Balaban J connectivity index is 0.00000361. The number of aromatic nitrogens is 2. The molecule has 1 aromatic heterocycles. The maximum atomic E-state index is 11.8. The third-order valence-corrected chi connectivity index (χ3v) is 3.04. The lowest BCUT2D eigenvalue weighted by Gasteiger charge is -2.16. The second-order valence-corrected chi connectivity index (χ2v) is 4.58. The van der Waals surface area contributed by atoms with Crippen molar-refractivity contribution in [3.05, 3.63) is 12.3 Å². The number of primary amides is 1. The van der Waals surface area contributed by atoms with Crippen LogP contribution in [0.4, 0.5) is 5.82 Å². The first-order chi connectivity index (χ1) is 8.93. The van der Waals surface area contributed by atoms with Crippen molar-refractivity contribution in [1.29, 1.82) is 0 Å². The molecule has 1 heterocycles. The fourth-order valence-electron chi connectivity index (χ4n) is 1.50. The lowest BCUT2D eigenvalue weighted by atomic mass is 9.99. The molecular weight excluding hydrogens is 282 g/mol. The van der Waals surface area contributed by atoms with E-state index in [0.717, 1.165) is 6.42 Å². The largest absolute Gasteiger partial charge is 0.370 e. The molecule has 0 fully saturated rings. The average molecular weight is 304 g/mol. The molecule has 2 atom stereocenters. The van der Waals surface area contributed by atoms with Crippen LogP contribution in [0.5, 0.6) is 0 Å². The number of carbonyl (C=O) groups excluding carboxylic acids is 2. The van der Waals surface area contributed by atoms with E-state index in [2.05, 4.69) is 10.4 Å². The molecular formula is C12H22ClN5O2. The van der Waals surface area contributed by atoms with Crippen molar-refractivity contribution in [2.75, 3.05) is 5.32 Å². The molecule has 2 unspecified atom stereocenters. The first-order valence-electron chi connectivity index (χ1n) is 6.32. The third-order valence-electron chi connectivity index (χ3n) is 3.04. The lowest BCUT2D eigenvalue weighted by molar-refractivity contribution is -0.119. The molecule has 1 aromatic rings. The predicted molar refractivity (Wildman–Crippen MR) is 79.3 cm³/mol. The highest BCUT2D eigenvalue weighted by molar-refractivity contribution is 5.94. The SMILES string of the molecule is CCC(C)C(N)C(=O)Nc1ccn(CCC(N)=O)n1.Cl. The Morgan fingerprint density at radius 1 is 1.50 bits per heavy atom. The third kappa shape index (κ3) is 5.58. The van der Waals surface area contributed by atoms with Crippen LogP contribution in [0.1, 0.15) is 26.7 Å². The van der Waals surface area contributed by atoms with Crippen LogP contribution < -0.4 is 16.8 Å². The Morgan fingerprint density at radius 3 is 2.70 bits per heavy atom. The summed E-state index contributed by atoms with van der Waals surface area (Å²) < 4.78 is 1.55. The zero-order valence-electron chi connectivity index (χ0n) is 11.7. The monoisotopic (exact) mass is 303 g/mol. The molecule has 0 radical (unpaired) electrons. The summed E-state index contributed by atoms with van der Waals surface area (Å²) >= 11 is 0. The van der Waals surface area contributed by atoms with Gasteiger partial charge in [0.25, 0.3) is 0 Å². The van der Waals surface area contributed by atoms with Gasteiger partial charge in [-0.2, -0.15) is 5.10 Å². The van der Waals surface area contributed by atoms with E-state index in [-0.39, 0.29) is 36.6 Å². The van der Waals surface area contributed by atoms with Crippen LogP contribution in [0.25, 0.3) is 0 Å². The van der Waals surface area contributed by atoms with Gasteiger partial charge in [0.15, 0.2) is 5.82 Å². The molecule has 7 nitrogen and oxygen atoms in total. The van der Waals surface area contributed by atoms with E-state index in [1.54, 1.807) is 16.9 Å². The quantitative estimate of drug-likeness (QED) is 0.679. The molecule has 1 rings (SSSR count). The molecule has 0 spiro atoms. The van der Waals surface area contributed by atoms with Crippen molar-refractivity contribution in [2.24, 2.45) is 17.4 Å². The number of hydrogen-bond donors (Lipinski definition) is 3. The fraction of sp³-hybridized carbons (Fsp3) is 0.583. The van der Waals surface area contributed by atoms with Crippen molar-refractivity contribution >= 4 is 30.0 Å². The maximum Gasteiger partial charge on any atom is 0.242 e. The Labute approximate surface area is 124 Å². The number of nitrogens with one attached hydrogen (secondary N) is 1. The van der Waals surface area contributed by atoms with E-state index < -0.39 is 6.04 Å². The minimum absolute atomic E-state index is 0. The molecule has 0 saturated carbocycles. The van der Waals surface area contributed by atoms with E-state index in [4.69, 9.17) is 11.5 Å². The van der Waals surface area contributed by atoms with Gasteiger partial charge in [0, 0.05) is 25.2 Å². The first kappa shape index (κ1) is 18.4. The Hall–Kier alpha value is -1.60. The number of anilines is 1. The summed E-state index contributed by atoms with van der Waals surface area (Å²) in [6, 6.07) is 1.10. The second-order valence-electron chi connectivity index (χ2n) is 4.58. The van der Waals surface area contributed by atoms with Gasteiger partial charge in [-0.05, 0) is 5.92 Å². The topological polar surface area (TPSA) is 116 Å². The van der Waals surface area contributed by atoms with Gasteiger partial charge in [0.1, 0.15) is 0 Å². The molecule has 0 aliphatic heterocycles. The number of amides is 2. The van der Waals surface area contributed by atoms with Gasteiger partial charge >= 0.3 is 0 Å². The van der Waals surface area contributed by atoms with Crippen LogP contribution in [0.2, 0.25) is 0 Å². The molecule has 5 N–H and O–H groups in total. The van der Waals surface area contributed by atoms with Crippen molar-refractivity contribution in [2.45, 2.75) is 39.3 Å². The number of hydrogen-bond acceptors (Lipinski definition) is 4. The first-order valence-corrected chi connectivity index (χ1v) is 6.32. The van der Waals surface area contributed by atoms with Gasteiger partial charge < -0.3 is 16.8 Å². The fourth-order valence-corrected chi connectivity index (χ4v) is 1.50. The van der Waals surface area contributed by atoms with Crippen LogP contribution in [-0.4, -0.2) is 27.6 Å². The number of rotatable bonds is 7. The Morgan fingerprint density at radius 2 is 2.15 bits per heavy atom. The lowest BCUT2D eigenvalue weighted by Crippen LogP contribution is -2.40. The van der Waals surface area contributed by atoms with E-state index in [1.807, 2.05) is 13.8 Å². The summed E-state index contributed by atoms with van der Waals surface area (Å²) in [6.07, 6.45) is 2.72. The normalized spacial score (nSPS) is 13.2. The second kappa shape index (κ2) is 8.55. The minimum Gasteiger partial charge on any atom is -0.370 e. The van der Waals surface area contributed by atoms with Crippen LogP contribution >= 0.6 is 12.4 Å². The Bertz CT molecular complexity index is 449. The van der Waals surface area contributed by atoms with Crippen molar-refractivity contribution in [3.8, 4) is 0 Å². The molecule has 2 amide bonds. The van der Waals surface area contributed by atoms with Gasteiger partial charge in [0.2, 0.25) is 11.8 Å². The van der Waals surface area contributed by atoms with Crippen LogP contribution in [0.15, 0.2) is 12.3 Å². The zero-order valence-corrected chi connectivity index (χ0v) is 12.5. The van der Waals surface area contributed by atoms with Crippen molar-refractivity contribution < 1.29 is 9.59 Å². The Kier molecular flexibility index (Phi) is 7.86. The highest BCUT2D eigenvalue weighted by Crippen LogP contribution is 2.09. The number of aryl methyl sites for hydroxylation is 1. The van der Waals surface area contributed by atoms with Crippen molar-refractivity contribution in [3.63, 3.8) is 0 Å². The number of nitrogens with zero attached hydrogens (tertiary/aromatic N) is 2. The average Bonchev–Trinajstić information content (AvgIpc) is 2.82. The van der Waals surface area contributed by atoms with Gasteiger partial charge in [-0.3, -0.25) is 14.3 Å². The maximum absolute atomic E-state index is 11.8. The summed E-state index contributed by atoms with van der Waals surface area (Å²) in [5.74, 6) is -0.112. The standard InChI is InChI=1S/C12H21N5O2.ClH/c1-3-8(2)11(14)12(19)15-10-5-7-17(16-10)6-4-9(13)18;/h5,7-8,11H,3-4,6,14H2,1-2H3,(H2,13,18)(H,15,16,19);1H. The molecule has 20 heavy (non-hydrogen) atoms. The number of carbonyl (C=O) groups is 2. The van der Waals surface area contributed by atoms with E-state index >= 15 is 0 Å². The van der Waals surface area contributed by atoms with Crippen LogP contribution in [-0.2, 0) is 16.1 Å². The molecule has 0 aromatic carbocycles. The van der Waals surface area contributed by atoms with Gasteiger partial charge in [-0.15, -0.1) is 12.4 Å². The highest BCUT2D eigenvalue weighted by Gasteiger charge is 2.19. The predicted octanol–water partition coefficient (Wildman–Crippen LogP) is 0.492. The van der Waals surface area contributed by atoms with E-state index in [1.165, 1.54) is 0 Å². The molecule has 0 bridgehead atoms. The molecule has 0 aliphatic rings. The molecule has 114 valence electrons. The van der Waals surface area contributed by atoms with Crippen LogP contribution in [0.3, 0.4) is 0 Å². The molecule has 8 heteroatoms. The zero-order chi connectivity index (χ0) is 14.4. The molecule has 0 saturated heterocycles. The van der Waals surface area contributed by atoms with Crippen molar-refractivity contribution in [1.82, 2.24) is 9.78 Å². The highest BCUT2D eigenvalue weighted by atomic mass is 35.5. The van der Waals surface area contributed by atoms with Crippen LogP contribution in [0, 0.1) is 5.92 Å².